The average Bonchev–Trinajstić information content (AvgIpc) is 3.31. The first-order valence-corrected chi connectivity index (χ1v) is 11.1. The number of amides is 2. The lowest BCUT2D eigenvalue weighted by Gasteiger charge is -2.17. The van der Waals surface area contributed by atoms with E-state index in [4.69, 9.17) is 0 Å². The van der Waals surface area contributed by atoms with Gasteiger partial charge < -0.3 is 15.7 Å². The van der Waals surface area contributed by atoms with Gasteiger partial charge in [-0.3, -0.25) is 14.4 Å². The molecular weight excluding hydrogens is 410 g/mol. The van der Waals surface area contributed by atoms with Crippen LogP contribution in [0.5, 0.6) is 0 Å². The van der Waals surface area contributed by atoms with E-state index >= 15 is 0 Å². The Balaban J connectivity index is 1.84. The molecule has 7 nitrogen and oxygen atoms in total. The molecule has 2 aromatic heterocycles. The minimum Gasteiger partial charge on any atom is -0.390 e. The van der Waals surface area contributed by atoms with E-state index in [1.165, 1.54) is 29.6 Å². The maximum atomic E-state index is 12.3. The Morgan fingerprint density at radius 2 is 2.00 bits per heavy atom. The number of aromatic nitrogens is 1. The van der Waals surface area contributed by atoms with Crippen molar-refractivity contribution in [1.82, 2.24) is 10.3 Å². The van der Waals surface area contributed by atoms with Gasteiger partial charge in [-0.1, -0.05) is 13.0 Å². The topological polar surface area (TPSA) is 108 Å². The Morgan fingerprint density at radius 1 is 1.28 bits per heavy atom. The van der Waals surface area contributed by atoms with Crippen molar-refractivity contribution in [3.8, 4) is 0 Å². The van der Waals surface area contributed by atoms with E-state index in [1.54, 1.807) is 37.6 Å². The Labute approximate surface area is 178 Å². The molecule has 0 radical (unpaired) electrons. The summed E-state index contributed by atoms with van der Waals surface area (Å²) in [5.74, 6) is -1.64. The number of rotatable bonds is 10. The summed E-state index contributed by atoms with van der Waals surface area (Å²) in [6, 6.07) is 2.38. The molecule has 2 atom stereocenters. The molecule has 0 saturated carbocycles. The number of carbonyl (C=O) groups excluding carboxylic acids is 3. The third kappa shape index (κ3) is 7.34. The molecule has 2 amide bonds. The van der Waals surface area contributed by atoms with E-state index in [-0.39, 0.29) is 5.92 Å². The van der Waals surface area contributed by atoms with Crippen LogP contribution in [-0.4, -0.2) is 39.3 Å². The summed E-state index contributed by atoms with van der Waals surface area (Å²) in [6.45, 7) is 7.20. The largest absolute Gasteiger partial charge is 0.390 e. The van der Waals surface area contributed by atoms with E-state index in [9.17, 15) is 19.5 Å². The Morgan fingerprint density at radius 3 is 2.62 bits per heavy atom. The summed E-state index contributed by atoms with van der Waals surface area (Å²) < 4.78 is 0. The molecule has 2 unspecified atom stereocenters. The molecule has 2 aromatic rings. The van der Waals surface area contributed by atoms with Crippen molar-refractivity contribution in [3.05, 3.63) is 33.5 Å². The molecule has 29 heavy (non-hydrogen) atoms. The van der Waals surface area contributed by atoms with E-state index in [0.29, 0.717) is 10.0 Å². The smallest absolute Gasteiger partial charge is 0.293 e. The highest BCUT2D eigenvalue weighted by Gasteiger charge is 2.23. The zero-order chi connectivity index (χ0) is 21.6. The van der Waals surface area contributed by atoms with E-state index < -0.39 is 29.2 Å². The number of thiazole rings is 1. The molecule has 0 aromatic carbocycles. The monoisotopic (exact) mass is 437 g/mol. The summed E-state index contributed by atoms with van der Waals surface area (Å²) in [4.78, 5) is 41.9. The predicted octanol–water partition coefficient (Wildman–Crippen LogP) is 3.58. The van der Waals surface area contributed by atoms with Crippen molar-refractivity contribution in [2.24, 2.45) is 0 Å². The van der Waals surface area contributed by atoms with Crippen LogP contribution in [0, 0.1) is 0 Å². The van der Waals surface area contributed by atoms with Gasteiger partial charge in [0.15, 0.2) is 5.13 Å². The average molecular weight is 438 g/mol. The van der Waals surface area contributed by atoms with Crippen molar-refractivity contribution in [3.63, 3.8) is 0 Å². The van der Waals surface area contributed by atoms with Gasteiger partial charge >= 0.3 is 0 Å². The van der Waals surface area contributed by atoms with Gasteiger partial charge in [0.2, 0.25) is 5.91 Å². The SMILES string of the molecule is CC(NC(=O)C(=O)c1cccs1)C(=O)Nc1ncc(C(C)CCCC(C)(C)O)s1. The molecule has 0 spiro atoms. The number of aliphatic hydroxyl groups is 1. The number of hydrogen-bond donors (Lipinski definition) is 3. The lowest BCUT2D eigenvalue weighted by molar-refractivity contribution is -0.123. The maximum Gasteiger partial charge on any atom is 0.293 e. The molecule has 0 saturated heterocycles. The highest BCUT2D eigenvalue weighted by Crippen LogP contribution is 2.30. The summed E-state index contributed by atoms with van der Waals surface area (Å²) in [5.41, 5.74) is -0.669. The first-order valence-electron chi connectivity index (χ1n) is 9.44. The summed E-state index contributed by atoms with van der Waals surface area (Å²) >= 11 is 2.56. The normalized spacial score (nSPS) is 13.6. The molecule has 0 fully saturated rings. The number of Topliss-reactive ketones (excluding diaryl/α,β-unsaturated/α-hetero) is 1. The molecule has 0 aliphatic carbocycles. The molecule has 0 aliphatic rings. The van der Waals surface area contributed by atoms with Crippen molar-refractivity contribution >= 4 is 45.4 Å². The third-order valence-electron chi connectivity index (χ3n) is 4.36. The third-order valence-corrected chi connectivity index (χ3v) is 6.37. The second kappa shape index (κ2) is 10.1. The van der Waals surface area contributed by atoms with Gasteiger partial charge in [-0.25, -0.2) is 4.98 Å². The van der Waals surface area contributed by atoms with Gasteiger partial charge in [-0.2, -0.15) is 0 Å². The zero-order valence-corrected chi connectivity index (χ0v) is 18.7. The summed E-state index contributed by atoms with van der Waals surface area (Å²) in [6.07, 6.45) is 4.27. The van der Waals surface area contributed by atoms with Crippen molar-refractivity contribution in [2.45, 2.75) is 64.5 Å². The molecule has 2 heterocycles. The predicted molar refractivity (Wildman–Crippen MR) is 116 cm³/mol. The van der Waals surface area contributed by atoms with Gasteiger partial charge in [0.05, 0.1) is 10.5 Å². The number of anilines is 1. The fourth-order valence-corrected chi connectivity index (χ4v) is 4.18. The van der Waals surface area contributed by atoms with Gasteiger partial charge in [-0.05, 0) is 57.4 Å². The van der Waals surface area contributed by atoms with Crippen LogP contribution in [0.4, 0.5) is 5.13 Å². The van der Waals surface area contributed by atoms with Crippen molar-refractivity contribution in [1.29, 1.82) is 0 Å². The fourth-order valence-electron chi connectivity index (χ4n) is 2.62. The van der Waals surface area contributed by atoms with Gasteiger partial charge in [-0.15, -0.1) is 22.7 Å². The van der Waals surface area contributed by atoms with Gasteiger partial charge in [0.1, 0.15) is 6.04 Å². The Hall–Kier alpha value is -2.10. The van der Waals surface area contributed by atoms with Crippen LogP contribution in [-0.2, 0) is 9.59 Å². The number of nitrogens with zero attached hydrogens (tertiary/aromatic N) is 1. The number of hydrogen-bond acceptors (Lipinski definition) is 7. The van der Waals surface area contributed by atoms with Crippen LogP contribution in [0.3, 0.4) is 0 Å². The minimum atomic E-state index is -0.872. The highest BCUT2D eigenvalue weighted by atomic mass is 32.1. The first-order chi connectivity index (χ1) is 13.6. The van der Waals surface area contributed by atoms with Gasteiger partial charge in [0, 0.05) is 11.1 Å². The molecule has 158 valence electrons. The molecular formula is C20H27N3O4S2. The Bertz CT molecular complexity index is 840. The molecule has 2 rings (SSSR count). The molecule has 0 aliphatic heterocycles. The van der Waals surface area contributed by atoms with Crippen LogP contribution in [0.2, 0.25) is 0 Å². The molecule has 0 bridgehead atoms. The van der Waals surface area contributed by atoms with Crippen LogP contribution >= 0.6 is 22.7 Å². The first kappa shape index (κ1) is 23.2. The number of thiophene rings is 1. The van der Waals surface area contributed by atoms with Gasteiger partial charge in [0.25, 0.3) is 11.7 Å². The number of ketones is 1. The van der Waals surface area contributed by atoms with Crippen LogP contribution in [0.25, 0.3) is 0 Å². The maximum absolute atomic E-state index is 12.3. The molecule has 3 N–H and O–H groups in total. The summed E-state index contributed by atoms with van der Waals surface area (Å²) in [5, 5.41) is 17.1. The fraction of sp³-hybridized carbons (Fsp3) is 0.500. The Kier molecular flexibility index (Phi) is 8.06. The van der Waals surface area contributed by atoms with Crippen LogP contribution < -0.4 is 10.6 Å². The lowest BCUT2D eigenvalue weighted by Crippen LogP contribution is -2.44. The second-order valence-electron chi connectivity index (χ2n) is 7.66. The quantitative estimate of drug-likeness (QED) is 0.389. The van der Waals surface area contributed by atoms with Crippen LogP contribution in [0.15, 0.2) is 23.7 Å². The van der Waals surface area contributed by atoms with Crippen LogP contribution in [0.1, 0.15) is 67.4 Å². The minimum absolute atomic E-state index is 0.265. The zero-order valence-electron chi connectivity index (χ0n) is 17.0. The van der Waals surface area contributed by atoms with E-state index in [0.717, 1.165) is 24.1 Å². The van der Waals surface area contributed by atoms with Crippen molar-refractivity contribution in [2.75, 3.05) is 5.32 Å². The number of nitrogens with one attached hydrogen (secondary N) is 2. The van der Waals surface area contributed by atoms with Crippen molar-refractivity contribution < 1.29 is 19.5 Å². The summed E-state index contributed by atoms with van der Waals surface area (Å²) in [7, 11) is 0. The second-order valence-corrected chi connectivity index (χ2v) is 9.67. The lowest BCUT2D eigenvalue weighted by atomic mass is 9.96. The van der Waals surface area contributed by atoms with E-state index in [2.05, 4.69) is 22.5 Å². The highest BCUT2D eigenvalue weighted by molar-refractivity contribution is 7.15. The molecule has 9 heteroatoms. The standard InChI is InChI=1S/C20H27N3O4S2/c1-12(7-5-9-20(3,4)27)15-11-21-19(29-15)23-17(25)13(2)22-18(26)16(24)14-8-6-10-28-14/h6,8,10-13,27H,5,7,9H2,1-4H3,(H,22,26)(H,21,23,25). The van der Waals surface area contributed by atoms with E-state index in [1.807, 2.05) is 0 Å². The number of carbonyl (C=O) groups is 3.